The molecule has 0 saturated carbocycles. The first-order chi connectivity index (χ1) is 7.26. The van der Waals surface area contributed by atoms with Crippen LogP contribution in [0.1, 0.15) is 20.3 Å². The maximum absolute atomic E-state index is 5.99. The maximum atomic E-state index is 5.99. The van der Waals surface area contributed by atoms with Gasteiger partial charge < -0.3 is 10.1 Å². The van der Waals surface area contributed by atoms with Crippen LogP contribution in [0, 0.1) is 0 Å². The van der Waals surface area contributed by atoms with E-state index in [4.69, 9.17) is 16.3 Å². The van der Waals surface area contributed by atoms with Gasteiger partial charge in [-0.1, -0.05) is 13.0 Å². The molecule has 1 rings (SSSR count). The average Bonchev–Trinajstić information content (AvgIpc) is 2.27. The zero-order valence-corrected chi connectivity index (χ0v) is 9.92. The molecule has 0 aromatic carbocycles. The summed E-state index contributed by atoms with van der Waals surface area (Å²) in [5.74, 6) is 1.45. The molecule has 1 heterocycles. The van der Waals surface area contributed by atoms with Crippen molar-refractivity contribution in [3.63, 3.8) is 0 Å². The van der Waals surface area contributed by atoms with Gasteiger partial charge in [-0.3, -0.25) is 0 Å². The largest absolute Gasteiger partial charge is 0.478 e. The predicted molar refractivity (Wildman–Crippen MR) is 63.8 cm³/mol. The number of nitrogens with one attached hydrogen (secondary N) is 1. The van der Waals surface area contributed by atoms with Crippen molar-refractivity contribution in [1.29, 1.82) is 0 Å². The van der Waals surface area contributed by atoms with Gasteiger partial charge in [0.05, 0.1) is 12.0 Å². The maximum Gasteiger partial charge on any atom is 0.215 e. The number of aromatic nitrogens is 1. The lowest BCUT2D eigenvalue weighted by Gasteiger charge is -2.10. The van der Waals surface area contributed by atoms with Gasteiger partial charge in [0.1, 0.15) is 5.82 Å². The molecular weight excluding hydrogens is 212 g/mol. The average molecular weight is 229 g/mol. The third-order valence-corrected chi connectivity index (χ3v) is 2.43. The zero-order valence-electron chi connectivity index (χ0n) is 9.16. The molecule has 0 bridgehead atoms. The van der Waals surface area contributed by atoms with Crippen LogP contribution in [0.4, 0.5) is 5.82 Å². The molecule has 0 fully saturated rings. The van der Waals surface area contributed by atoms with Gasteiger partial charge in [0, 0.05) is 12.6 Å². The number of halogens is 1. The monoisotopic (exact) mass is 228 g/mol. The fraction of sp³-hybridized carbons (Fsp3) is 0.545. The molecule has 0 aliphatic heterocycles. The van der Waals surface area contributed by atoms with E-state index in [-0.39, 0.29) is 5.38 Å². The van der Waals surface area contributed by atoms with E-state index >= 15 is 0 Å². The Morgan fingerprint density at radius 3 is 2.93 bits per heavy atom. The van der Waals surface area contributed by atoms with E-state index in [0.29, 0.717) is 12.5 Å². The smallest absolute Gasteiger partial charge is 0.215 e. The summed E-state index contributed by atoms with van der Waals surface area (Å²) in [5, 5.41) is 3.31. The van der Waals surface area contributed by atoms with Crippen molar-refractivity contribution in [1.82, 2.24) is 4.98 Å². The Morgan fingerprint density at radius 2 is 2.27 bits per heavy atom. The lowest BCUT2D eigenvalue weighted by molar-refractivity contribution is 0.327. The fourth-order valence-electron chi connectivity index (χ4n) is 1.10. The summed E-state index contributed by atoms with van der Waals surface area (Å²) >= 11 is 5.99. The third-order valence-electron chi connectivity index (χ3n) is 1.96. The molecule has 1 unspecified atom stereocenters. The summed E-state index contributed by atoms with van der Waals surface area (Å²) < 4.78 is 5.30. The highest BCUT2D eigenvalue weighted by atomic mass is 35.5. The molecule has 1 aromatic heterocycles. The Kier molecular flexibility index (Phi) is 5.26. The number of ether oxygens (including phenoxy) is 1. The van der Waals surface area contributed by atoms with Crippen molar-refractivity contribution in [2.45, 2.75) is 25.6 Å². The zero-order chi connectivity index (χ0) is 11.1. The lowest BCUT2D eigenvalue weighted by atomic mass is 10.3. The highest BCUT2D eigenvalue weighted by molar-refractivity contribution is 6.20. The van der Waals surface area contributed by atoms with Gasteiger partial charge in [-0.2, -0.15) is 4.98 Å². The molecule has 1 atom stereocenters. The van der Waals surface area contributed by atoms with Gasteiger partial charge >= 0.3 is 0 Å². The molecule has 0 radical (unpaired) electrons. The number of hydrogen-bond acceptors (Lipinski definition) is 3. The Bertz CT molecular complexity index is 294. The summed E-state index contributed by atoms with van der Waals surface area (Å²) in [7, 11) is 0. The first-order valence-electron chi connectivity index (χ1n) is 5.24. The van der Waals surface area contributed by atoms with Crippen molar-refractivity contribution in [3.05, 3.63) is 18.2 Å². The highest BCUT2D eigenvalue weighted by Crippen LogP contribution is 2.12. The standard InChI is InChI=1S/C11H17ClN2O/c1-3-9(12)8-13-10-6-5-7-11(14-10)15-4-2/h5-7,9H,3-4,8H2,1-2H3,(H,13,14). The molecule has 0 amide bonds. The van der Waals surface area contributed by atoms with E-state index in [2.05, 4.69) is 17.2 Å². The highest BCUT2D eigenvalue weighted by Gasteiger charge is 2.02. The molecule has 3 nitrogen and oxygen atoms in total. The number of pyridine rings is 1. The van der Waals surface area contributed by atoms with Crippen LogP contribution in [-0.2, 0) is 0 Å². The van der Waals surface area contributed by atoms with Crippen LogP contribution in [0.15, 0.2) is 18.2 Å². The Labute approximate surface area is 95.8 Å². The van der Waals surface area contributed by atoms with Crippen LogP contribution < -0.4 is 10.1 Å². The molecule has 4 heteroatoms. The Hall–Kier alpha value is -0.960. The molecule has 0 aliphatic rings. The second-order valence-corrected chi connectivity index (χ2v) is 3.80. The quantitative estimate of drug-likeness (QED) is 0.761. The van der Waals surface area contributed by atoms with Crippen LogP contribution in [0.5, 0.6) is 5.88 Å². The minimum absolute atomic E-state index is 0.141. The van der Waals surface area contributed by atoms with Crippen molar-refractivity contribution < 1.29 is 4.74 Å². The minimum atomic E-state index is 0.141. The summed E-state index contributed by atoms with van der Waals surface area (Å²) in [6.07, 6.45) is 0.944. The van der Waals surface area contributed by atoms with Gasteiger partial charge in [-0.05, 0) is 19.4 Å². The van der Waals surface area contributed by atoms with E-state index in [0.717, 1.165) is 18.8 Å². The van der Waals surface area contributed by atoms with E-state index in [9.17, 15) is 0 Å². The Balaban J connectivity index is 2.50. The molecule has 0 saturated heterocycles. The molecule has 15 heavy (non-hydrogen) atoms. The summed E-state index contributed by atoms with van der Waals surface area (Å²) in [5.41, 5.74) is 0. The molecule has 0 aliphatic carbocycles. The molecule has 0 spiro atoms. The number of hydrogen-bond donors (Lipinski definition) is 1. The minimum Gasteiger partial charge on any atom is -0.478 e. The molecule has 1 N–H and O–H groups in total. The van der Waals surface area contributed by atoms with Crippen LogP contribution in [0.3, 0.4) is 0 Å². The van der Waals surface area contributed by atoms with E-state index in [1.54, 1.807) is 0 Å². The number of rotatable bonds is 6. The predicted octanol–water partition coefficient (Wildman–Crippen LogP) is 2.91. The van der Waals surface area contributed by atoms with E-state index < -0.39 is 0 Å². The first-order valence-corrected chi connectivity index (χ1v) is 5.67. The molecular formula is C11H17ClN2O. The van der Waals surface area contributed by atoms with Crippen LogP contribution in [0.2, 0.25) is 0 Å². The van der Waals surface area contributed by atoms with Crippen LogP contribution in [-0.4, -0.2) is 23.5 Å². The normalized spacial score (nSPS) is 12.2. The fourth-order valence-corrected chi connectivity index (χ4v) is 1.18. The topological polar surface area (TPSA) is 34.1 Å². The summed E-state index contributed by atoms with van der Waals surface area (Å²) in [4.78, 5) is 4.28. The first kappa shape index (κ1) is 12.1. The second-order valence-electron chi connectivity index (χ2n) is 3.18. The van der Waals surface area contributed by atoms with Gasteiger partial charge in [-0.15, -0.1) is 11.6 Å². The van der Waals surface area contributed by atoms with Crippen molar-refractivity contribution in [3.8, 4) is 5.88 Å². The van der Waals surface area contributed by atoms with Gasteiger partial charge in [0.15, 0.2) is 0 Å². The summed E-state index contributed by atoms with van der Waals surface area (Å²) in [6.45, 7) is 5.35. The SMILES string of the molecule is CCOc1cccc(NCC(Cl)CC)n1. The number of nitrogens with zero attached hydrogens (tertiary/aromatic N) is 1. The summed E-state index contributed by atoms with van der Waals surface area (Å²) in [6, 6.07) is 5.66. The van der Waals surface area contributed by atoms with Gasteiger partial charge in [0.2, 0.25) is 5.88 Å². The van der Waals surface area contributed by atoms with Crippen LogP contribution in [0.25, 0.3) is 0 Å². The lowest BCUT2D eigenvalue weighted by Crippen LogP contribution is -2.14. The molecule has 1 aromatic rings. The molecule has 84 valence electrons. The van der Waals surface area contributed by atoms with Gasteiger partial charge in [0.25, 0.3) is 0 Å². The van der Waals surface area contributed by atoms with E-state index in [1.165, 1.54) is 0 Å². The third kappa shape index (κ3) is 4.38. The Morgan fingerprint density at radius 1 is 1.47 bits per heavy atom. The second kappa shape index (κ2) is 6.51. The van der Waals surface area contributed by atoms with Crippen molar-refractivity contribution in [2.24, 2.45) is 0 Å². The van der Waals surface area contributed by atoms with Crippen molar-refractivity contribution >= 4 is 17.4 Å². The van der Waals surface area contributed by atoms with Gasteiger partial charge in [-0.25, -0.2) is 0 Å². The number of alkyl halides is 1. The number of anilines is 1. The van der Waals surface area contributed by atoms with Crippen LogP contribution >= 0.6 is 11.6 Å². The van der Waals surface area contributed by atoms with E-state index in [1.807, 2.05) is 25.1 Å². The van der Waals surface area contributed by atoms with Crippen molar-refractivity contribution in [2.75, 3.05) is 18.5 Å².